The van der Waals surface area contributed by atoms with Crippen LogP contribution in [0.15, 0.2) is 6.20 Å². The number of likely N-dealkylation sites (tertiary alicyclic amines) is 1. The van der Waals surface area contributed by atoms with Gasteiger partial charge in [0.05, 0.1) is 16.9 Å². The lowest BCUT2D eigenvalue weighted by Gasteiger charge is -2.18. The van der Waals surface area contributed by atoms with Crippen molar-refractivity contribution in [2.75, 3.05) is 13.1 Å². The predicted octanol–water partition coefficient (Wildman–Crippen LogP) is 1.66. The number of rotatable bonds is 3. The molecule has 0 spiro atoms. The van der Waals surface area contributed by atoms with E-state index in [0.717, 1.165) is 30.4 Å². The second-order valence-electron chi connectivity index (χ2n) is 4.71. The lowest BCUT2D eigenvalue weighted by atomic mass is 10.0. The molecule has 1 saturated heterocycles. The van der Waals surface area contributed by atoms with Gasteiger partial charge in [0.25, 0.3) is 0 Å². The molecule has 2 N–H and O–H groups in total. The van der Waals surface area contributed by atoms with Crippen LogP contribution in [0.5, 0.6) is 0 Å². The molecule has 4 nitrogen and oxygen atoms in total. The van der Waals surface area contributed by atoms with E-state index in [1.54, 1.807) is 6.20 Å². The van der Waals surface area contributed by atoms with Gasteiger partial charge < -0.3 is 5.73 Å². The molecule has 0 radical (unpaired) electrons. The molecule has 0 amide bonds. The van der Waals surface area contributed by atoms with E-state index in [9.17, 15) is 0 Å². The summed E-state index contributed by atoms with van der Waals surface area (Å²) in [5.74, 6) is 0.618. The van der Waals surface area contributed by atoms with E-state index < -0.39 is 0 Å². The zero-order valence-corrected chi connectivity index (χ0v) is 11.8. The van der Waals surface area contributed by atoms with Crippen molar-refractivity contribution in [2.24, 2.45) is 18.7 Å². The highest BCUT2D eigenvalue weighted by Crippen LogP contribution is 2.23. The second-order valence-corrected chi connectivity index (χ2v) is 5.11. The van der Waals surface area contributed by atoms with Gasteiger partial charge in [0, 0.05) is 26.2 Å². The van der Waals surface area contributed by atoms with Crippen LogP contribution < -0.4 is 5.73 Å². The maximum atomic E-state index is 6.09. The van der Waals surface area contributed by atoms with Crippen molar-refractivity contribution in [3.8, 4) is 0 Å². The van der Waals surface area contributed by atoms with Gasteiger partial charge in [-0.05, 0) is 25.8 Å². The Morgan fingerprint density at radius 1 is 1.65 bits per heavy atom. The quantitative estimate of drug-likeness (QED) is 0.915. The van der Waals surface area contributed by atoms with E-state index >= 15 is 0 Å². The molecule has 2 rings (SSSR count). The standard InChI is InChI=1S/C11H19ClN4.ClH/c1-8(13)9-3-4-16(6-9)7-11-10(12)5-14-15(11)2;/h5,8-9H,3-4,6-7,13H2,1-2H3;1H. The first-order valence-corrected chi connectivity index (χ1v) is 6.10. The molecule has 2 atom stereocenters. The van der Waals surface area contributed by atoms with E-state index in [4.69, 9.17) is 17.3 Å². The van der Waals surface area contributed by atoms with E-state index in [2.05, 4.69) is 16.9 Å². The zero-order valence-electron chi connectivity index (χ0n) is 10.3. The summed E-state index contributed by atoms with van der Waals surface area (Å²) >= 11 is 6.09. The number of halogens is 2. The van der Waals surface area contributed by atoms with Crippen molar-refractivity contribution < 1.29 is 0 Å². The molecule has 17 heavy (non-hydrogen) atoms. The third kappa shape index (κ3) is 3.35. The fourth-order valence-electron chi connectivity index (χ4n) is 2.26. The maximum Gasteiger partial charge on any atom is 0.0831 e. The highest BCUT2D eigenvalue weighted by atomic mass is 35.5. The minimum Gasteiger partial charge on any atom is -0.328 e. The average Bonchev–Trinajstić information content (AvgIpc) is 2.80. The summed E-state index contributed by atoms with van der Waals surface area (Å²) in [6, 6.07) is 0.284. The summed E-state index contributed by atoms with van der Waals surface area (Å²) in [6.07, 6.45) is 2.89. The summed E-state index contributed by atoms with van der Waals surface area (Å²) in [5.41, 5.74) is 7.01. The monoisotopic (exact) mass is 278 g/mol. The van der Waals surface area contributed by atoms with Crippen LogP contribution in [0.2, 0.25) is 5.02 Å². The molecule has 1 aromatic heterocycles. The number of hydrogen-bond donors (Lipinski definition) is 1. The van der Waals surface area contributed by atoms with E-state index in [-0.39, 0.29) is 18.4 Å². The van der Waals surface area contributed by atoms with Crippen molar-refractivity contribution in [1.82, 2.24) is 14.7 Å². The third-order valence-electron chi connectivity index (χ3n) is 3.44. The van der Waals surface area contributed by atoms with Gasteiger partial charge in [0.1, 0.15) is 0 Å². The normalized spacial score (nSPS) is 22.5. The Labute approximate surface area is 114 Å². The Kier molecular flexibility index (Phi) is 5.25. The molecule has 2 unspecified atom stereocenters. The van der Waals surface area contributed by atoms with Crippen molar-refractivity contribution in [3.63, 3.8) is 0 Å². The van der Waals surface area contributed by atoms with Crippen molar-refractivity contribution in [3.05, 3.63) is 16.9 Å². The molecular weight excluding hydrogens is 259 g/mol. The van der Waals surface area contributed by atoms with Crippen LogP contribution >= 0.6 is 24.0 Å². The van der Waals surface area contributed by atoms with Crippen molar-refractivity contribution in [2.45, 2.75) is 25.9 Å². The van der Waals surface area contributed by atoms with Crippen LogP contribution in [0.4, 0.5) is 0 Å². The van der Waals surface area contributed by atoms with E-state index in [1.165, 1.54) is 6.42 Å². The molecule has 0 saturated carbocycles. The predicted molar refractivity (Wildman–Crippen MR) is 72.5 cm³/mol. The summed E-state index contributed by atoms with van der Waals surface area (Å²) < 4.78 is 1.85. The van der Waals surface area contributed by atoms with Crippen molar-refractivity contribution in [1.29, 1.82) is 0 Å². The van der Waals surface area contributed by atoms with Crippen LogP contribution in [0.3, 0.4) is 0 Å². The first-order valence-electron chi connectivity index (χ1n) is 5.72. The Morgan fingerprint density at radius 3 is 2.82 bits per heavy atom. The molecule has 98 valence electrons. The van der Waals surface area contributed by atoms with Crippen LogP contribution in [0, 0.1) is 5.92 Å². The molecule has 0 bridgehead atoms. The minimum atomic E-state index is 0. The molecule has 1 fully saturated rings. The SMILES string of the molecule is CC(N)C1CCN(Cc2c(Cl)cnn2C)C1.Cl. The molecule has 2 heterocycles. The highest BCUT2D eigenvalue weighted by molar-refractivity contribution is 6.31. The number of aromatic nitrogens is 2. The fourth-order valence-corrected chi connectivity index (χ4v) is 2.49. The van der Waals surface area contributed by atoms with Crippen LogP contribution in [0.25, 0.3) is 0 Å². The van der Waals surface area contributed by atoms with E-state index in [1.807, 2.05) is 11.7 Å². The van der Waals surface area contributed by atoms with Crippen molar-refractivity contribution >= 4 is 24.0 Å². The molecular formula is C11H20Cl2N4. The Bertz CT molecular complexity index is 345. The minimum absolute atomic E-state index is 0. The van der Waals surface area contributed by atoms with E-state index in [0.29, 0.717) is 5.92 Å². The third-order valence-corrected chi connectivity index (χ3v) is 3.75. The summed E-state index contributed by atoms with van der Waals surface area (Å²) in [5, 5.41) is 4.90. The fraction of sp³-hybridized carbons (Fsp3) is 0.727. The van der Waals surface area contributed by atoms with Crippen LogP contribution in [0.1, 0.15) is 19.0 Å². The Morgan fingerprint density at radius 2 is 2.35 bits per heavy atom. The lowest BCUT2D eigenvalue weighted by molar-refractivity contribution is 0.300. The van der Waals surface area contributed by atoms with Gasteiger partial charge >= 0.3 is 0 Å². The van der Waals surface area contributed by atoms with Gasteiger partial charge in [-0.15, -0.1) is 12.4 Å². The second kappa shape index (κ2) is 6.05. The summed E-state index contributed by atoms with van der Waals surface area (Å²) in [6.45, 7) is 5.14. The van der Waals surface area contributed by atoms with Crippen LogP contribution in [-0.2, 0) is 13.6 Å². The number of aryl methyl sites for hydroxylation is 1. The molecule has 1 aliphatic heterocycles. The smallest absolute Gasteiger partial charge is 0.0831 e. The first-order chi connectivity index (χ1) is 7.58. The van der Waals surface area contributed by atoms with Gasteiger partial charge in [0.2, 0.25) is 0 Å². The average molecular weight is 279 g/mol. The Hall–Kier alpha value is -0.290. The van der Waals surface area contributed by atoms with Gasteiger partial charge in [-0.25, -0.2) is 0 Å². The van der Waals surface area contributed by atoms with Crippen LogP contribution in [-0.4, -0.2) is 33.8 Å². The first kappa shape index (κ1) is 14.8. The zero-order chi connectivity index (χ0) is 11.7. The maximum absolute atomic E-state index is 6.09. The number of nitrogens with zero attached hydrogens (tertiary/aromatic N) is 3. The lowest BCUT2D eigenvalue weighted by Crippen LogP contribution is -2.30. The molecule has 1 aromatic rings. The molecule has 0 aromatic carbocycles. The molecule has 6 heteroatoms. The summed E-state index contributed by atoms with van der Waals surface area (Å²) in [4.78, 5) is 2.40. The topological polar surface area (TPSA) is 47.1 Å². The van der Waals surface area contributed by atoms with Gasteiger partial charge in [-0.2, -0.15) is 5.10 Å². The Balaban J connectivity index is 0.00000144. The largest absolute Gasteiger partial charge is 0.328 e. The molecule has 1 aliphatic rings. The summed E-state index contributed by atoms with van der Waals surface area (Å²) in [7, 11) is 1.93. The molecule has 0 aliphatic carbocycles. The van der Waals surface area contributed by atoms with Gasteiger partial charge in [-0.1, -0.05) is 11.6 Å². The highest BCUT2D eigenvalue weighted by Gasteiger charge is 2.26. The number of hydrogen-bond acceptors (Lipinski definition) is 3. The van der Waals surface area contributed by atoms with Gasteiger partial charge in [0.15, 0.2) is 0 Å². The number of nitrogens with two attached hydrogens (primary N) is 1. The van der Waals surface area contributed by atoms with Gasteiger partial charge in [-0.3, -0.25) is 9.58 Å².